The van der Waals surface area contributed by atoms with E-state index in [1.54, 1.807) is 12.0 Å². The average Bonchev–Trinajstić information content (AvgIpc) is 2.74. The predicted octanol–water partition coefficient (Wildman–Crippen LogP) is 1.26. The number of ether oxygens (including phenoxy) is 1. The lowest BCUT2D eigenvalue weighted by Crippen LogP contribution is -2.48. The Hall–Kier alpha value is -1.13. The molecule has 0 radical (unpaired) electrons. The maximum Gasteiger partial charge on any atom is 0.223 e. The highest BCUT2D eigenvalue weighted by molar-refractivity contribution is 5.77. The number of fused-ring (bicyclic) bond motifs is 1. The number of hydrogen-bond donors (Lipinski definition) is 1. The summed E-state index contributed by atoms with van der Waals surface area (Å²) in [6.45, 7) is 2.62. The maximum atomic E-state index is 12.1. The van der Waals surface area contributed by atoms with Crippen LogP contribution in [0, 0.1) is 0 Å². The van der Waals surface area contributed by atoms with Gasteiger partial charge >= 0.3 is 0 Å². The van der Waals surface area contributed by atoms with Crippen molar-refractivity contribution in [3.63, 3.8) is 0 Å². The molecule has 18 heavy (non-hydrogen) atoms. The fourth-order valence-electron chi connectivity index (χ4n) is 2.62. The van der Waals surface area contributed by atoms with Crippen LogP contribution in [0.2, 0.25) is 0 Å². The summed E-state index contributed by atoms with van der Waals surface area (Å²) in [4.78, 5) is 13.9. The molecule has 1 amide bonds. The Morgan fingerprint density at radius 3 is 3.00 bits per heavy atom. The number of amides is 1. The molecule has 4 heteroatoms. The smallest absolute Gasteiger partial charge is 0.223 e. The van der Waals surface area contributed by atoms with Crippen LogP contribution in [0.5, 0.6) is 0 Å². The second-order valence-electron chi connectivity index (χ2n) is 5.04. The van der Waals surface area contributed by atoms with Crippen LogP contribution in [0.4, 0.5) is 0 Å². The largest absolute Gasteiger partial charge is 0.388 e. The van der Waals surface area contributed by atoms with Crippen LogP contribution in [0.15, 0.2) is 23.8 Å². The molecule has 0 spiro atoms. The third-order valence-corrected chi connectivity index (χ3v) is 3.60. The van der Waals surface area contributed by atoms with E-state index in [9.17, 15) is 9.90 Å². The standard InChI is InChI=1S/C14H21NO3/c1-10-8-11-14(17)12(18-2)6-4-3-5-7-13(16)15(11)9-10/h4,6,8,11-12,14,17H,3,5,7,9H2,1-2H3/b6-4+/t11-,12+,14+/m1/s1. The van der Waals surface area contributed by atoms with Crippen LogP contribution in [-0.2, 0) is 9.53 Å². The summed E-state index contributed by atoms with van der Waals surface area (Å²) in [5, 5.41) is 10.4. The molecule has 2 aliphatic rings. The van der Waals surface area contributed by atoms with Crippen molar-refractivity contribution in [3.05, 3.63) is 23.8 Å². The van der Waals surface area contributed by atoms with Gasteiger partial charge in [-0.1, -0.05) is 23.8 Å². The highest BCUT2D eigenvalue weighted by Crippen LogP contribution is 2.24. The van der Waals surface area contributed by atoms with Crippen molar-refractivity contribution in [2.75, 3.05) is 13.7 Å². The van der Waals surface area contributed by atoms with Gasteiger partial charge in [-0.2, -0.15) is 0 Å². The van der Waals surface area contributed by atoms with Gasteiger partial charge in [0.2, 0.25) is 5.91 Å². The number of methoxy groups -OCH3 is 1. The van der Waals surface area contributed by atoms with Crippen molar-refractivity contribution >= 4 is 5.91 Å². The molecule has 0 aromatic carbocycles. The SMILES string of the molecule is CO[C@H]1/C=C/CCCC(=O)N2CC(C)=C[C@@H]2[C@@H]1O. The topological polar surface area (TPSA) is 49.8 Å². The zero-order valence-electron chi connectivity index (χ0n) is 11.0. The lowest BCUT2D eigenvalue weighted by Gasteiger charge is -2.32. The molecule has 0 saturated heterocycles. The van der Waals surface area contributed by atoms with Gasteiger partial charge in [0.05, 0.1) is 6.04 Å². The minimum atomic E-state index is -0.703. The Bertz CT molecular complexity index is 375. The predicted molar refractivity (Wildman–Crippen MR) is 69.1 cm³/mol. The first-order chi connectivity index (χ1) is 8.63. The van der Waals surface area contributed by atoms with Crippen LogP contribution in [-0.4, -0.2) is 47.8 Å². The molecular formula is C14H21NO3. The quantitative estimate of drug-likeness (QED) is 0.714. The lowest BCUT2D eigenvalue weighted by molar-refractivity contribution is -0.135. The third-order valence-electron chi connectivity index (χ3n) is 3.60. The lowest BCUT2D eigenvalue weighted by atomic mass is 10.0. The molecule has 2 aliphatic heterocycles. The maximum absolute atomic E-state index is 12.1. The van der Waals surface area contributed by atoms with E-state index in [2.05, 4.69) is 0 Å². The molecule has 0 aromatic rings. The number of hydrogen-bond acceptors (Lipinski definition) is 3. The van der Waals surface area contributed by atoms with Gasteiger partial charge in [0, 0.05) is 20.1 Å². The second kappa shape index (κ2) is 5.67. The molecule has 0 bridgehead atoms. The Balaban J connectivity index is 2.25. The number of aliphatic hydroxyl groups is 1. The molecule has 0 unspecified atom stereocenters. The van der Waals surface area contributed by atoms with Gasteiger partial charge in [-0.3, -0.25) is 4.79 Å². The van der Waals surface area contributed by atoms with Crippen molar-refractivity contribution in [2.45, 2.75) is 44.4 Å². The number of carbonyl (C=O) groups excluding carboxylic acids is 1. The molecule has 0 aromatic heterocycles. The van der Waals surface area contributed by atoms with Crippen LogP contribution in [0.1, 0.15) is 26.2 Å². The molecule has 4 nitrogen and oxygen atoms in total. The number of allylic oxidation sites excluding steroid dienone is 1. The number of aliphatic hydroxyl groups excluding tert-OH is 1. The molecule has 2 heterocycles. The van der Waals surface area contributed by atoms with Gasteiger partial charge in [-0.15, -0.1) is 0 Å². The fraction of sp³-hybridized carbons (Fsp3) is 0.643. The summed E-state index contributed by atoms with van der Waals surface area (Å²) in [5.41, 5.74) is 1.13. The van der Waals surface area contributed by atoms with E-state index in [1.165, 1.54) is 0 Å². The second-order valence-corrected chi connectivity index (χ2v) is 5.04. The van der Waals surface area contributed by atoms with Gasteiger partial charge in [-0.05, 0) is 19.8 Å². The fourth-order valence-corrected chi connectivity index (χ4v) is 2.62. The zero-order valence-corrected chi connectivity index (χ0v) is 11.0. The number of carbonyl (C=O) groups is 1. The highest BCUT2D eigenvalue weighted by Gasteiger charge is 2.35. The normalized spacial score (nSPS) is 35.1. The van der Waals surface area contributed by atoms with E-state index in [0.717, 1.165) is 18.4 Å². The molecule has 0 aliphatic carbocycles. The molecule has 100 valence electrons. The van der Waals surface area contributed by atoms with Crippen LogP contribution < -0.4 is 0 Å². The van der Waals surface area contributed by atoms with E-state index >= 15 is 0 Å². The molecule has 1 N–H and O–H groups in total. The first-order valence-corrected chi connectivity index (χ1v) is 6.48. The summed E-state index contributed by atoms with van der Waals surface area (Å²) in [5.74, 6) is 0.123. The van der Waals surface area contributed by atoms with Gasteiger partial charge in [0.25, 0.3) is 0 Å². The average molecular weight is 251 g/mol. The van der Waals surface area contributed by atoms with E-state index < -0.39 is 6.10 Å². The summed E-state index contributed by atoms with van der Waals surface area (Å²) < 4.78 is 5.31. The monoisotopic (exact) mass is 251 g/mol. The molecule has 0 saturated carbocycles. The van der Waals surface area contributed by atoms with Crippen molar-refractivity contribution < 1.29 is 14.6 Å². The minimum absolute atomic E-state index is 0.123. The Morgan fingerprint density at radius 1 is 1.50 bits per heavy atom. The number of rotatable bonds is 1. The van der Waals surface area contributed by atoms with E-state index in [0.29, 0.717) is 13.0 Å². The molecule has 2 rings (SSSR count). The molecular weight excluding hydrogens is 230 g/mol. The van der Waals surface area contributed by atoms with E-state index in [-0.39, 0.29) is 18.1 Å². The van der Waals surface area contributed by atoms with Gasteiger partial charge in [0.15, 0.2) is 0 Å². The summed E-state index contributed by atoms with van der Waals surface area (Å²) in [6.07, 6.45) is 7.06. The van der Waals surface area contributed by atoms with E-state index in [4.69, 9.17) is 4.74 Å². The van der Waals surface area contributed by atoms with Crippen molar-refractivity contribution in [2.24, 2.45) is 0 Å². The first-order valence-electron chi connectivity index (χ1n) is 6.48. The third kappa shape index (κ3) is 2.65. The van der Waals surface area contributed by atoms with Crippen LogP contribution in [0.3, 0.4) is 0 Å². The Morgan fingerprint density at radius 2 is 2.28 bits per heavy atom. The van der Waals surface area contributed by atoms with E-state index in [1.807, 2.05) is 25.2 Å². The van der Waals surface area contributed by atoms with Gasteiger partial charge < -0.3 is 14.7 Å². The van der Waals surface area contributed by atoms with Crippen molar-refractivity contribution in [1.29, 1.82) is 0 Å². The number of nitrogens with zero attached hydrogens (tertiary/aromatic N) is 1. The van der Waals surface area contributed by atoms with Crippen molar-refractivity contribution in [3.8, 4) is 0 Å². The Labute approximate surface area is 108 Å². The highest BCUT2D eigenvalue weighted by atomic mass is 16.5. The van der Waals surface area contributed by atoms with Crippen LogP contribution >= 0.6 is 0 Å². The first kappa shape index (κ1) is 13.3. The molecule has 3 atom stereocenters. The zero-order chi connectivity index (χ0) is 13.1. The Kier molecular flexibility index (Phi) is 4.19. The van der Waals surface area contributed by atoms with Gasteiger partial charge in [0.1, 0.15) is 12.2 Å². The van der Waals surface area contributed by atoms with Crippen molar-refractivity contribution in [1.82, 2.24) is 4.90 Å². The summed E-state index contributed by atoms with van der Waals surface area (Å²) >= 11 is 0. The van der Waals surface area contributed by atoms with Gasteiger partial charge in [-0.25, -0.2) is 0 Å². The van der Waals surface area contributed by atoms with Crippen LogP contribution in [0.25, 0.3) is 0 Å². The summed E-state index contributed by atoms with van der Waals surface area (Å²) in [7, 11) is 1.58. The summed E-state index contributed by atoms with van der Waals surface area (Å²) in [6, 6.07) is -0.259. The molecule has 0 fully saturated rings. The minimum Gasteiger partial charge on any atom is -0.388 e.